The van der Waals surface area contributed by atoms with Crippen LogP contribution in [-0.2, 0) is 10.2 Å². The zero-order chi connectivity index (χ0) is 18.4. The van der Waals surface area contributed by atoms with E-state index in [0.29, 0.717) is 17.4 Å². The topological polar surface area (TPSA) is 115 Å². The van der Waals surface area contributed by atoms with Crippen LogP contribution >= 0.6 is 0 Å². The van der Waals surface area contributed by atoms with E-state index in [1.165, 1.54) is 0 Å². The summed E-state index contributed by atoms with van der Waals surface area (Å²) in [5, 5.41) is 13.4. The second-order valence-corrected chi connectivity index (χ2v) is 7.60. The smallest absolute Gasteiger partial charge is 0.401 e. The van der Waals surface area contributed by atoms with Gasteiger partial charge in [-0.05, 0) is 17.9 Å². The van der Waals surface area contributed by atoms with Crippen molar-refractivity contribution in [2.24, 2.45) is 17.6 Å². The summed E-state index contributed by atoms with van der Waals surface area (Å²) in [4.78, 5) is 17.2. The standard InChI is InChI=1S/C19H16N5O3/c20-8-13-12-2-1-7-19(12,13)10-3-5-11(6-4-10)24-14(9-21)15(26-18(24)25)16-22-17(24)27-23-16/h1,3-7,12-15H,2,9,21H2/q+1/t12-,13-,14?,15?,19+,24+/m0/s1. The van der Waals surface area contributed by atoms with E-state index >= 15 is 0 Å². The maximum Gasteiger partial charge on any atom is 0.531 e. The van der Waals surface area contributed by atoms with Gasteiger partial charge < -0.3 is 10.5 Å². The van der Waals surface area contributed by atoms with Crippen molar-refractivity contribution in [2.75, 3.05) is 6.54 Å². The minimum Gasteiger partial charge on any atom is -0.401 e. The van der Waals surface area contributed by atoms with Crippen LogP contribution in [0.1, 0.15) is 23.9 Å². The molecule has 1 amide bonds. The van der Waals surface area contributed by atoms with Gasteiger partial charge in [-0.15, -0.1) is 4.98 Å². The Kier molecular flexibility index (Phi) is 2.58. The third-order valence-electron chi connectivity index (χ3n) is 6.71. The molecule has 6 atom stereocenters. The summed E-state index contributed by atoms with van der Waals surface area (Å²) in [5.74, 6) is 0.739. The highest BCUT2D eigenvalue weighted by atomic mass is 16.6. The van der Waals surface area contributed by atoms with Crippen molar-refractivity contribution in [1.82, 2.24) is 14.6 Å². The number of aromatic nitrogens is 2. The fraction of sp³-hybridized carbons (Fsp3) is 0.368. The van der Waals surface area contributed by atoms with Gasteiger partial charge in [-0.3, -0.25) is 4.52 Å². The Morgan fingerprint density at radius 3 is 2.89 bits per heavy atom. The second-order valence-electron chi connectivity index (χ2n) is 7.60. The largest absolute Gasteiger partial charge is 0.531 e. The van der Waals surface area contributed by atoms with Gasteiger partial charge in [0.1, 0.15) is 0 Å². The number of nitrogens with zero attached hydrogens (tertiary/aromatic N) is 4. The summed E-state index contributed by atoms with van der Waals surface area (Å²) in [6.45, 7) is 0.227. The number of quaternary nitrogens is 1. The highest BCUT2D eigenvalue weighted by Crippen LogP contribution is 2.65. The van der Waals surface area contributed by atoms with Gasteiger partial charge in [-0.1, -0.05) is 33.9 Å². The lowest BCUT2D eigenvalue weighted by molar-refractivity contribution is 0.124. The predicted molar refractivity (Wildman–Crippen MR) is 92.3 cm³/mol. The number of benzene rings is 1. The van der Waals surface area contributed by atoms with Gasteiger partial charge in [0.15, 0.2) is 11.7 Å². The Labute approximate surface area is 154 Å². The highest BCUT2D eigenvalue weighted by Gasteiger charge is 2.69. The lowest BCUT2D eigenvalue weighted by Crippen LogP contribution is -2.56. The first-order valence-electron chi connectivity index (χ1n) is 9.00. The molecule has 8 nitrogen and oxygen atoms in total. The van der Waals surface area contributed by atoms with Crippen LogP contribution < -0.4 is 10.2 Å². The van der Waals surface area contributed by atoms with Gasteiger partial charge in [0.2, 0.25) is 11.9 Å². The van der Waals surface area contributed by atoms with E-state index < -0.39 is 12.2 Å². The predicted octanol–water partition coefficient (Wildman–Crippen LogP) is 2.21. The molecule has 4 bridgehead atoms. The quantitative estimate of drug-likeness (QED) is 0.657. The number of fused-ring (bicyclic) bond motifs is 7. The number of allylic oxidation sites excluding steroid dienone is 2. The van der Waals surface area contributed by atoms with Crippen molar-refractivity contribution in [1.29, 1.82) is 5.26 Å². The molecule has 2 unspecified atom stereocenters. The van der Waals surface area contributed by atoms with Gasteiger partial charge in [-0.2, -0.15) is 10.1 Å². The maximum absolute atomic E-state index is 12.9. The molecule has 0 spiro atoms. The molecule has 2 N–H and O–H groups in total. The molecule has 1 saturated carbocycles. The SMILES string of the molecule is N#C[C@H]1[C@@H]2CC=C[C@]12c1ccc([N@+]23C(=O)OC(c4noc2n4)C3CN)cc1. The maximum atomic E-state index is 12.9. The average molecular weight is 362 g/mol. The van der Waals surface area contributed by atoms with Crippen LogP contribution in [0.2, 0.25) is 0 Å². The average Bonchev–Trinajstić information content (AvgIpc) is 3.06. The van der Waals surface area contributed by atoms with Crippen molar-refractivity contribution < 1.29 is 14.1 Å². The number of carbonyl (C=O) groups excluding carboxylic acids is 1. The molecule has 0 radical (unpaired) electrons. The molecule has 2 aromatic rings. The lowest BCUT2D eigenvalue weighted by Gasteiger charge is -2.30. The Morgan fingerprint density at radius 1 is 1.37 bits per heavy atom. The molecule has 8 heteroatoms. The van der Waals surface area contributed by atoms with E-state index in [-0.39, 0.29) is 34.4 Å². The first-order chi connectivity index (χ1) is 13.2. The van der Waals surface area contributed by atoms with Crippen molar-refractivity contribution in [3.05, 3.63) is 47.8 Å². The molecule has 2 aliphatic carbocycles. The van der Waals surface area contributed by atoms with E-state index in [0.717, 1.165) is 12.0 Å². The summed E-state index contributed by atoms with van der Waals surface area (Å²) in [5.41, 5.74) is 7.58. The van der Waals surface area contributed by atoms with Gasteiger partial charge in [0.25, 0.3) is 0 Å². The number of ether oxygens (including phenoxy) is 1. The van der Waals surface area contributed by atoms with Crippen molar-refractivity contribution in [3.8, 4) is 6.07 Å². The van der Waals surface area contributed by atoms with Crippen molar-refractivity contribution >= 4 is 17.8 Å². The van der Waals surface area contributed by atoms with E-state index in [2.05, 4.69) is 28.4 Å². The summed E-state index contributed by atoms with van der Waals surface area (Å²) in [6.07, 6.45) is 4.19. The molecule has 2 aliphatic heterocycles. The molecule has 6 rings (SSSR count). The first kappa shape index (κ1) is 15.1. The highest BCUT2D eigenvalue weighted by molar-refractivity contribution is 5.91. The molecule has 2 fully saturated rings. The molecule has 3 heterocycles. The summed E-state index contributed by atoms with van der Waals surface area (Å²) in [6, 6.07) is 10.0. The van der Waals surface area contributed by atoms with Gasteiger partial charge >= 0.3 is 12.1 Å². The third-order valence-corrected chi connectivity index (χ3v) is 6.71. The summed E-state index contributed by atoms with van der Waals surface area (Å²) < 4.78 is 10.6. The van der Waals surface area contributed by atoms with Crippen molar-refractivity contribution in [3.63, 3.8) is 0 Å². The van der Waals surface area contributed by atoms with Crippen LogP contribution in [-0.4, -0.2) is 28.8 Å². The molecular weight excluding hydrogens is 346 g/mol. The van der Waals surface area contributed by atoms with Gasteiger partial charge in [0, 0.05) is 17.5 Å². The molecule has 1 aromatic carbocycles. The van der Waals surface area contributed by atoms with Crippen LogP contribution in [0.3, 0.4) is 0 Å². The Bertz CT molecular complexity index is 1050. The molecule has 27 heavy (non-hydrogen) atoms. The first-order valence-corrected chi connectivity index (χ1v) is 9.00. The van der Waals surface area contributed by atoms with Crippen molar-refractivity contribution in [2.45, 2.75) is 24.0 Å². The van der Waals surface area contributed by atoms with E-state index in [1.54, 1.807) is 0 Å². The van der Waals surface area contributed by atoms with Gasteiger partial charge in [0.05, 0.1) is 18.5 Å². The Balaban J connectivity index is 1.48. The molecule has 134 valence electrons. The number of rotatable bonds is 3. The molecule has 1 aromatic heterocycles. The number of nitriles is 1. The van der Waals surface area contributed by atoms with Crippen LogP contribution in [0.4, 0.5) is 16.5 Å². The van der Waals surface area contributed by atoms with Crippen LogP contribution in [0.5, 0.6) is 0 Å². The monoisotopic (exact) mass is 362 g/mol. The minimum absolute atomic E-state index is 0.0202. The van der Waals surface area contributed by atoms with Crippen LogP contribution in [0, 0.1) is 23.2 Å². The normalized spacial score (nSPS) is 39.8. The van der Waals surface area contributed by atoms with E-state index in [4.69, 9.17) is 15.0 Å². The number of nitrogens with two attached hydrogens (primary N) is 1. The molecule has 1 saturated heterocycles. The third kappa shape index (κ3) is 1.47. The van der Waals surface area contributed by atoms with E-state index in [1.807, 2.05) is 24.3 Å². The molecular formula is C19H16N5O3+. The fourth-order valence-electron chi connectivity index (χ4n) is 5.35. The number of carbonyl (C=O) groups is 1. The second kappa shape index (κ2) is 4.63. The van der Waals surface area contributed by atoms with E-state index in [9.17, 15) is 10.1 Å². The zero-order valence-electron chi connectivity index (χ0n) is 14.3. The lowest BCUT2D eigenvalue weighted by atomic mass is 9.92. The minimum atomic E-state index is -0.597. The van der Waals surface area contributed by atoms with Crippen LogP contribution in [0.15, 0.2) is 40.9 Å². The summed E-state index contributed by atoms with van der Waals surface area (Å²) >= 11 is 0. The fourth-order valence-corrected chi connectivity index (χ4v) is 5.35. The van der Waals surface area contributed by atoms with Crippen LogP contribution in [0.25, 0.3) is 0 Å². The Morgan fingerprint density at radius 2 is 2.19 bits per heavy atom. The number of hydrogen-bond acceptors (Lipinski definition) is 7. The zero-order valence-corrected chi connectivity index (χ0v) is 14.3. The Hall–Kier alpha value is -3.02. The molecule has 4 aliphatic rings. The summed E-state index contributed by atoms with van der Waals surface area (Å²) in [7, 11) is 0. The number of hydrogen-bond donors (Lipinski definition) is 1. The number of amides is 1. The van der Waals surface area contributed by atoms with Gasteiger partial charge in [-0.25, -0.2) is 0 Å².